The molecule has 0 fully saturated rings. The molecule has 0 aliphatic heterocycles. The number of carbonyl (C=O) groups is 1. The van der Waals surface area contributed by atoms with E-state index in [4.69, 9.17) is 11.6 Å². The number of benzene rings is 1. The smallest absolute Gasteiger partial charge is 0.231 e. The van der Waals surface area contributed by atoms with Gasteiger partial charge < -0.3 is 0 Å². The van der Waals surface area contributed by atoms with Gasteiger partial charge in [-0.1, -0.05) is 35.9 Å². The Hall–Kier alpha value is -1.94. The average molecular weight is 288 g/mol. The van der Waals surface area contributed by atoms with Crippen molar-refractivity contribution in [3.05, 3.63) is 52.3 Å². The van der Waals surface area contributed by atoms with Gasteiger partial charge in [0, 0.05) is 11.6 Å². The molecule has 1 N–H and O–H groups in total. The summed E-state index contributed by atoms with van der Waals surface area (Å²) in [6.07, 6.45) is 1.53. The fraction of sp³-hybridized carbons (Fsp3) is 0.267. The molecule has 1 aromatic carbocycles. The monoisotopic (exact) mass is 287 g/mol. The number of hydrogen-bond donors (Lipinski definition) is 1. The van der Waals surface area contributed by atoms with Gasteiger partial charge in [-0.3, -0.25) is 10.1 Å². The van der Waals surface area contributed by atoms with Gasteiger partial charge in [0.2, 0.25) is 11.9 Å². The molecule has 3 rings (SSSR count). The van der Waals surface area contributed by atoms with Crippen LogP contribution in [0.5, 0.6) is 0 Å². The summed E-state index contributed by atoms with van der Waals surface area (Å²) in [6.45, 7) is 1.81. The van der Waals surface area contributed by atoms with E-state index in [9.17, 15) is 4.79 Å². The van der Waals surface area contributed by atoms with E-state index in [1.165, 1.54) is 11.1 Å². The summed E-state index contributed by atoms with van der Waals surface area (Å²) in [5, 5.41) is 3.09. The summed E-state index contributed by atoms with van der Waals surface area (Å²) in [7, 11) is 0. The number of nitrogens with one attached hydrogen (secondary N) is 1. The molecule has 1 aromatic heterocycles. The number of halogens is 1. The number of anilines is 1. The van der Waals surface area contributed by atoms with Gasteiger partial charge in [0.15, 0.2) is 0 Å². The number of hydrogen-bond acceptors (Lipinski definition) is 3. The third-order valence-electron chi connectivity index (χ3n) is 3.48. The fourth-order valence-corrected chi connectivity index (χ4v) is 2.78. The Kier molecular flexibility index (Phi) is 3.40. The van der Waals surface area contributed by atoms with E-state index in [2.05, 4.69) is 27.4 Å². The molecule has 1 aliphatic carbocycles. The van der Waals surface area contributed by atoms with Gasteiger partial charge in [-0.2, -0.15) is 0 Å². The maximum absolute atomic E-state index is 12.3. The molecule has 0 saturated carbocycles. The second kappa shape index (κ2) is 5.21. The van der Waals surface area contributed by atoms with Crippen LogP contribution in [0.2, 0.25) is 5.15 Å². The van der Waals surface area contributed by atoms with Crippen molar-refractivity contribution >= 4 is 23.5 Å². The van der Waals surface area contributed by atoms with E-state index in [0.29, 0.717) is 5.15 Å². The van der Waals surface area contributed by atoms with Crippen LogP contribution in [0.3, 0.4) is 0 Å². The van der Waals surface area contributed by atoms with E-state index in [1.54, 1.807) is 6.07 Å². The lowest BCUT2D eigenvalue weighted by molar-refractivity contribution is -0.119. The van der Waals surface area contributed by atoms with Gasteiger partial charge in [0.1, 0.15) is 5.15 Å². The highest BCUT2D eigenvalue weighted by atomic mass is 35.5. The number of nitrogens with zero attached hydrogens (tertiary/aromatic N) is 2. The number of carbonyl (C=O) groups excluding carboxylic acids is 1. The molecule has 0 unspecified atom stereocenters. The Balaban J connectivity index is 1.72. The minimum Gasteiger partial charge on any atom is -0.294 e. The van der Waals surface area contributed by atoms with Gasteiger partial charge in [-0.25, -0.2) is 9.97 Å². The van der Waals surface area contributed by atoms with Crippen LogP contribution >= 0.6 is 11.6 Å². The molecular weight excluding hydrogens is 274 g/mol. The van der Waals surface area contributed by atoms with Gasteiger partial charge in [-0.05, 0) is 37.0 Å². The molecule has 0 radical (unpaired) electrons. The Morgan fingerprint density at radius 1 is 1.25 bits per heavy atom. The Morgan fingerprint density at radius 3 is 2.50 bits per heavy atom. The SMILES string of the molecule is Cc1cc(Cl)nc(NC(=O)C2Cc3ccccc3C2)n1. The summed E-state index contributed by atoms with van der Waals surface area (Å²) < 4.78 is 0. The molecule has 0 bridgehead atoms. The first-order valence-corrected chi connectivity index (χ1v) is 6.88. The highest BCUT2D eigenvalue weighted by Crippen LogP contribution is 2.27. The lowest BCUT2D eigenvalue weighted by atomic mass is 10.1. The molecular formula is C15H14ClN3O. The lowest BCUT2D eigenvalue weighted by Gasteiger charge is -2.09. The van der Waals surface area contributed by atoms with Crippen LogP contribution in [0, 0.1) is 12.8 Å². The highest BCUT2D eigenvalue weighted by molar-refractivity contribution is 6.29. The maximum Gasteiger partial charge on any atom is 0.231 e. The molecule has 0 saturated heterocycles. The lowest BCUT2D eigenvalue weighted by Crippen LogP contribution is -2.24. The fourth-order valence-electron chi connectivity index (χ4n) is 2.54. The summed E-state index contributed by atoms with van der Waals surface area (Å²) in [4.78, 5) is 20.5. The first kappa shape index (κ1) is 13.1. The van der Waals surface area contributed by atoms with Crippen LogP contribution in [0.1, 0.15) is 16.8 Å². The minimum atomic E-state index is -0.0599. The minimum absolute atomic E-state index is 0.0529. The van der Waals surface area contributed by atoms with E-state index in [1.807, 2.05) is 19.1 Å². The Morgan fingerprint density at radius 2 is 1.90 bits per heavy atom. The van der Waals surface area contributed by atoms with E-state index >= 15 is 0 Å². The normalized spacial score (nSPS) is 14.1. The molecule has 2 aromatic rings. The topological polar surface area (TPSA) is 54.9 Å². The van der Waals surface area contributed by atoms with Crippen molar-refractivity contribution in [3.8, 4) is 0 Å². The molecule has 0 spiro atoms. The van der Waals surface area contributed by atoms with Gasteiger partial charge in [0.05, 0.1) is 0 Å². The van der Waals surface area contributed by atoms with Crippen LogP contribution in [-0.2, 0) is 17.6 Å². The molecule has 102 valence electrons. The molecule has 0 atom stereocenters. The van der Waals surface area contributed by atoms with E-state index in [0.717, 1.165) is 18.5 Å². The number of rotatable bonds is 2. The summed E-state index contributed by atoms with van der Waals surface area (Å²) >= 11 is 5.86. The number of amides is 1. The van der Waals surface area contributed by atoms with Crippen molar-refractivity contribution in [2.75, 3.05) is 5.32 Å². The van der Waals surface area contributed by atoms with Crippen molar-refractivity contribution in [1.82, 2.24) is 9.97 Å². The predicted octanol–water partition coefficient (Wildman–Crippen LogP) is 2.79. The molecule has 4 nitrogen and oxygen atoms in total. The van der Waals surface area contributed by atoms with Crippen molar-refractivity contribution < 1.29 is 4.79 Å². The number of aromatic nitrogens is 2. The largest absolute Gasteiger partial charge is 0.294 e. The Bertz CT molecular complexity index is 627. The molecule has 1 aliphatic rings. The van der Waals surface area contributed by atoms with Crippen LogP contribution < -0.4 is 5.32 Å². The van der Waals surface area contributed by atoms with Crippen molar-refractivity contribution in [2.24, 2.45) is 5.92 Å². The first-order valence-electron chi connectivity index (χ1n) is 6.50. The van der Waals surface area contributed by atoms with Gasteiger partial charge >= 0.3 is 0 Å². The van der Waals surface area contributed by atoms with E-state index < -0.39 is 0 Å². The summed E-state index contributed by atoms with van der Waals surface area (Å²) in [6, 6.07) is 9.80. The zero-order valence-corrected chi connectivity index (χ0v) is 11.8. The van der Waals surface area contributed by atoms with Crippen molar-refractivity contribution in [1.29, 1.82) is 0 Å². The van der Waals surface area contributed by atoms with Crippen LogP contribution in [-0.4, -0.2) is 15.9 Å². The molecule has 1 amide bonds. The van der Waals surface area contributed by atoms with Crippen LogP contribution in [0.15, 0.2) is 30.3 Å². The summed E-state index contributed by atoms with van der Waals surface area (Å²) in [5.74, 6) is 0.161. The second-order valence-electron chi connectivity index (χ2n) is 5.02. The van der Waals surface area contributed by atoms with Crippen molar-refractivity contribution in [2.45, 2.75) is 19.8 Å². The molecule has 20 heavy (non-hydrogen) atoms. The van der Waals surface area contributed by atoms with Crippen LogP contribution in [0.4, 0.5) is 5.95 Å². The number of fused-ring (bicyclic) bond motifs is 1. The third kappa shape index (κ3) is 2.65. The summed E-state index contributed by atoms with van der Waals surface area (Å²) in [5.41, 5.74) is 3.22. The van der Waals surface area contributed by atoms with Gasteiger partial charge in [-0.15, -0.1) is 0 Å². The predicted molar refractivity (Wildman–Crippen MR) is 77.7 cm³/mol. The zero-order chi connectivity index (χ0) is 14.1. The maximum atomic E-state index is 12.3. The average Bonchev–Trinajstić information content (AvgIpc) is 2.81. The third-order valence-corrected chi connectivity index (χ3v) is 3.67. The van der Waals surface area contributed by atoms with Crippen molar-refractivity contribution in [3.63, 3.8) is 0 Å². The van der Waals surface area contributed by atoms with Crippen LogP contribution in [0.25, 0.3) is 0 Å². The second-order valence-corrected chi connectivity index (χ2v) is 5.41. The quantitative estimate of drug-likeness (QED) is 0.864. The first-order chi connectivity index (χ1) is 9.61. The zero-order valence-electron chi connectivity index (χ0n) is 11.1. The molecule has 5 heteroatoms. The van der Waals surface area contributed by atoms with Gasteiger partial charge in [0.25, 0.3) is 0 Å². The Labute approximate surface area is 122 Å². The van der Waals surface area contributed by atoms with E-state index in [-0.39, 0.29) is 17.8 Å². The highest BCUT2D eigenvalue weighted by Gasteiger charge is 2.27. The molecule has 1 heterocycles. The number of aryl methyl sites for hydroxylation is 1. The standard InChI is InChI=1S/C15H14ClN3O/c1-9-6-13(16)18-15(17-9)19-14(20)12-7-10-4-2-3-5-11(10)8-12/h2-6,12H,7-8H2,1H3,(H,17,18,19,20).